The second-order valence-corrected chi connectivity index (χ2v) is 6.28. The van der Waals surface area contributed by atoms with Crippen molar-refractivity contribution >= 4 is 21.7 Å². The number of nitrogen functional groups attached to an aromatic ring is 1. The standard InChI is InChI=1S/C11H17N5O3S/c12-16-10-7-9(3-5-13-10)20(18,19)14-6-4-11(17)15-8-1-2-8/h3,5,7-8,14H,1-2,4,6,12H2,(H,13,16)(H,15,17). The van der Waals surface area contributed by atoms with Gasteiger partial charge in [0.1, 0.15) is 5.82 Å². The molecule has 0 radical (unpaired) electrons. The maximum absolute atomic E-state index is 12.0. The van der Waals surface area contributed by atoms with Gasteiger partial charge < -0.3 is 10.7 Å². The molecule has 1 saturated carbocycles. The molecule has 1 aromatic heterocycles. The summed E-state index contributed by atoms with van der Waals surface area (Å²) in [5.41, 5.74) is 2.27. The number of carbonyl (C=O) groups excluding carboxylic acids is 1. The molecule has 1 aliphatic carbocycles. The lowest BCUT2D eigenvalue weighted by atomic mass is 10.4. The molecule has 0 bridgehead atoms. The number of nitrogens with one attached hydrogen (secondary N) is 3. The minimum Gasteiger partial charge on any atom is -0.353 e. The Morgan fingerprint density at radius 3 is 2.85 bits per heavy atom. The summed E-state index contributed by atoms with van der Waals surface area (Å²) >= 11 is 0. The van der Waals surface area contributed by atoms with Crippen molar-refractivity contribution in [1.82, 2.24) is 15.0 Å². The number of nitrogens with two attached hydrogens (primary N) is 1. The van der Waals surface area contributed by atoms with Crippen LogP contribution < -0.4 is 21.3 Å². The molecule has 20 heavy (non-hydrogen) atoms. The highest BCUT2D eigenvalue weighted by Crippen LogP contribution is 2.18. The smallest absolute Gasteiger partial charge is 0.240 e. The predicted octanol–water partition coefficient (Wildman–Crippen LogP) is -0.686. The van der Waals surface area contributed by atoms with E-state index in [1.165, 1.54) is 18.3 Å². The molecule has 0 atom stereocenters. The van der Waals surface area contributed by atoms with Gasteiger partial charge in [-0.3, -0.25) is 4.79 Å². The number of hydrazine groups is 1. The summed E-state index contributed by atoms with van der Waals surface area (Å²) < 4.78 is 26.3. The zero-order valence-corrected chi connectivity index (χ0v) is 11.6. The van der Waals surface area contributed by atoms with Crippen molar-refractivity contribution in [2.24, 2.45) is 5.84 Å². The van der Waals surface area contributed by atoms with Crippen molar-refractivity contribution in [3.8, 4) is 0 Å². The van der Waals surface area contributed by atoms with Crippen LogP contribution in [0.1, 0.15) is 19.3 Å². The van der Waals surface area contributed by atoms with Crippen molar-refractivity contribution in [3.63, 3.8) is 0 Å². The number of hydrogen-bond acceptors (Lipinski definition) is 6. The largest absolute Gasteiger partial charge is 0.353 e. The van der Waals surface area contributed by atoms with E-state index < -0.39 is 10.0 Å². The van der Waals surface area contributed by atoms with Crippen LogP contribution >= 0.6 is 0 Å². The lowest BCUT2D eigenvalue weighted by molar-refractivity contribution is -0.121. The molecular weight excluding hydrogens is 282 g/mol. The Morgan fingerprint density at radius 2 is 2.20 bits per heavy atom. The molecule has 1 aromatic rings. The zero-order valence-electron chi connectivity index (χ0n) is 10.8. The second-order valence-electron chi connectivity index (χ2n) is 4.51. The van der Waals surface area contributed by atoms with E-state index in [0.29, 0.717) is 0 Å². The fourth-order valence-electron chi connectivity index (χ4n) is 1.57. The normalized spacial score (nSPS) is 14.8. The Labute approximate surface area is 117 Å². The number of hydrogen-bond donors (Lipinski definition) is 4. The molecule has 0 spiro atoms. The van der Waals surface area contributed by atoms with Crippen LogP contribution in [0.3, 0.4) is 0 Å². The van der Waals surface area contributed by atoms with Gasteiger partial charge in [-0.1, -0.05) is 0 Å². The first kappa shape index (κ1) is 14.7. The Hall–Kier alpha value is -1.71. The second kappa shape index (κ2) is 6.16. The van der Waals surface area contributed by atoms with Gasteiger partial charge in [0.2, 0.25) is 15.9 Å². The quantitative estimate of drug-likeness (QED) is 0.390. The number of anilines is 1. The number of pyridine rings is 1. The van der Waals surface area contributed by atoms with Gasteiger partial charge in [-0.2, -0.15) is 0 Å². The van der Waals surface area contributed by atoms with Crippen molar-refractivity contribution in [2.75, 3.05) is 12.0 Å². The van der Waals surface area contributed by atoms with Gasteiger partial charge in [0.15, 0.2) is 0 Å². The molecule has 1 amide bonds. The van der Waals surface area contributed by atoms with E-state index in [4.69, 9.17) is 5.84 Å². The molecule has 2 rings (SSSR count). The van der Waals surface area contributed by atoms with Gasteiger partial charge in [-0.15, -0.1) is 0 Å². The van der Waals surface area contributed by atoms with Crippen LogP contribution in [-0.2, 0) is 14.8 Å². The van der Waals surface area contributed by atoms with E-state index in [9.17, 15) is 13.2 Å². The van der Waals surface area contributed by atoms with Gasteiger partial charge in [0.25, 0.3) is 0 Å². The number of carbonyl (C=O) groups is 1. The van der Waals surface area contributed by atoms with Gasteiger partial charge >= 0.3 is 0 Å². The average molecular weight is 299 g/mol. The number of sulfonamides is 1. The number of nitrogens with zero attached hydrogens (tertiary/aromatic N) is 1. The van der Waals surface area contributed by atoms with E-state index in [-0.39, 0.29) is 35.6 Å². The summed E-state index contributed by atoms with van der Waals surface area (Å²) in [5, 5.41) is 2.79. The maximum Gasteiger partial charge on any atom is 0.240 e. The lowest BCUT2D eigenvalue weighted by Gasteiger charge is -2.08. The van der Waals surface area contributed by atoms with Gasteiger partial charge in [-0.25, -0.2) is 24.0 Å². The molecule has 1 aliphatic rings. The SMILES string of the molecule is NNc1cc(S(=O)(=O)NCCC(=O)NC2CC2)ccn1. The Morgan fingerprint density at radius 1 is 1.45 bits per heavy atom. The molecule has 5 N–H and O–H groups in total. The third-order valence-corrected chi connectivity index (χ3v) is 4.23. The average Bonchev–Trinajstić information content (AvgIpc) is 3.22. The van der Waals surface area contributed by atoms with Gasteiger partial charge in [0, 0.05) is 31.3 Å². The van der Waals surface area contributed by atoms with E-state index in [2.05, 4.69) is 20.4 Å². The molecule has 1 fully saturated rings. The fourth-order valence-corrected chi connectivity index (χ4v) is 2.61. The molecule has 110 valence electrons. The molecule has 0 aromatic carbocycles. The fraction of sp³-hybridized carbons (Fsp3) is 0.455. The van der Waals surface area contributed by atoms with E-state index in [1.807, 2.05) is 0 Å². The Kier molecular flexibility index (Phi) is 4.53. The summed E-state index contributed by atoms with van der Waals surface area (Å²) in [5.74, 6) is 5.28. The highest BCUT2D eigenvalue weighted by Gasteiger charge is 2.23. The van der Waals surface area contributed by atoms with Gasteiger partial charge in [-0.05, 0) is 18.9 Å². The summed E-state index contributed by atoms with van der Waals surface area (Å²) in [4.78, 5) is 15.3. The lowest BCUT2D eigenvalue weighted by Crippen LogP contribution is -2.31. The molecule has 8 nitrogen and oxygen atoms in total. The third kappa shape index (κ3) is 4.15. The van der Waals surface area contributed by atoms with Crippen molar-refractivity contribution in [3.05, 3.63) is 18.3 Å². The highest BCUT2D eigenvalue weighted by atomic mass is 32.2. The van der Waals surface area contributed by atoms with Crippen molar-refractivity contribution < 1.29 is 13.2 Å². The van der Waals surface area contributed by atoms with E-state index in [1.54, 1.807) is 0 Å². The summed E-state index contributed by atoms with van der Waals surface area (Å²) in [6.45, 7) is 0.0502. The van der Waals surface area contributed by atoms with Crippen LogP contribution in [0.5, 0.6) is 0 Å². The number of rotatable bonds is 7. The molecular formula is C11H17N5O3S. The van der Waals surface area contributed by atoms with Crippen LogP contribution in [0, 0.1) is 0 Å². The number of aromatic nitrogens is 1. The predicted molar refractivity (Wildman–Crippen MR) is 73.0 cm³/mol. The van der Waals surface area contributed by atoms with Crippen LogP contribution in [0.2, 0.25) is 0 Å². The van der Waals surface area contributed by atoms with E-state index >= 15 is 0 Å². The number of amides is 1. The first-order chi connectivity index (χ1) is 9.51. The summed E-state index contributed by atoms with van der Waals surface area (Å²) in [6.07, 6.45) is 3.46. The third-order valence-electron chi connectivity index (χ3n) is 2.78. The van der Waals surface area contributed by atoms with E-state index in [0.717, 1.165) is 12.8 Å². The minimum atomic E-state index is -3.67. The van der Waals surface area contributed by atoms with Crippen LogP contribution in [0.25, 0.3) is 0 Å². The molecule has 0 unspecified atom stereocenters. The maximum atomic E-state index is 12.0. The summed E-state index contributed by atoms with van der Waals surface area (Å²) in [6, 6.07) is 2.94. The first-order valence-electron chi connectivity index (χ1n) is 6.23. The molecule has 0 aliphatic heterocycles. The molecule has 9 heteroatoms. The Bertz CT molecular complexity index is 585. The van der Waals surface area contributed by atoms with Crippen molar-refractivity contribution in [2.45, 2.75) is 30.2 Å². The monoisotopic (exact) mass is 299 g/mol. The zero-order chi connectivity index (χ0) is 14.6. The summed E-state index contributed by atoms with van der Waals surface area (Å²) in [7, 11) is -3.67. The van der Waals surface area contributed by atoms with Crippen LogP contribution in [0.15, 0.2) is 23.2 Å². The molecule has 0 saturated heterocycles. The topological polar surface area (TPSA) is 126 Å². The van der Waals surface area contributed by atoms with Crippen LogP contribution in [-0.4, -0.2) is 31.9 Å². The minimum absolute atomic E-state index is 0.0445. The highest BCUT2D eigenvalue weighted by molar-refractivity contribution is 7.89. The van der Waals surface area contributed by atoms with Crippen molar-refractivity contribution in [1.29, 1.82) is 0 Å². The first-order valence-corrected chi connectivity index (χ1v) is 7.71. The van der Waals surface area contributed by atoms with Gasteiger partial charge in [0.05, 0.1) is 4.90 Å². The Balaban J connectivity index is 1.87. The molecule has 1 heterocycles. The van der Waals surface area contributed by atoms with Crippen LogP contribution in [0.4, 0.5) is 5.82 Å².